The van der Waals surface area contributed by atoms with Crippen molar-refractivity contribution >= 4 is 60.9 Å². The Bertz CT molecular complexity index is 1720. The van der Waals surface area contributed by atoms with Gasteiger partial charge in [-0.05, 0) is 40.6 Å². The molecule has 6 rings (SSSR count). The molecule has 0 radical (unpaired) electrons. The molecule has 33 heavy (non-hydrogen) atoms. The lowest BCUT2D eigenvalue weighted by Crippen LogP contribution is -3.00. The highest BCUT2D eigenvalue weighted by Crippen LogP contribution is 2.41. The van der Waals surface area contributed by atoms with E-state index < -0.39 is 11.9 Å². The monoisotopic (exact) mass is 502 g/mol. The highest BCUT2D eigenvalue weighted by molar-refractivity contribution is 6.33. The molecule has 0 amide bonds. The van der Waals surface area contributed by atoms with E-state index in [4.69, 9.17) is 4.74 Å². The van der Waals surface area contributed by atoms with Gasteiger partial charge >= 0.3 is 11.9 Å². The number of benzene rings is 3. The lowest BCUT2D eigenvalue weighted by atomic mass is 10.1. The lowest BCUT2D eigenvalue weighted by Gasteiger charge is -2.05. The van der Waals surface area contributed by atoms with Crippen LogP contribution < -0.4 is 21.5 Å². The minimum atomic E-state index is -0.947. The van der Waals surface area contributed by atoms with Crippen molar-refractivity contribution < 1.29 is 41.0 Å². The molecule has 0 saturated heterocycles. The van der Waals surface area contributed by atoms with E-state index in [-0.39, 0.29) is 30.1 Å². The normalized spacial score (nSPS) is 11.5. The highest BCUT2D eigenvalue weighted by Gasteiger charge is 2.31. The van der Waals surface area contributed by atoms with E-state index in [0.29, 0.717) is 11.3 Å². The fourth-order valence-corrected chi connectivity index (χ4v) is 5.02. The summed E-state index contributed by atoms with van der Waals surface area (Å²) in [5.74, 6) is -1.38. The molecule has 0 aliphatic heterocycles. The van der Waals surface area contributed by atoms with Crippen molar-refractivity contribution in [2.75, 3.05) is 6.61 Å². The van der Waals surface area contributed by atoms with Crippen LogP contribution in [0, 0.1) is 0 Å². The number of aromatic nitrogens is 2. The first kappa shape index (κ1) is 21.2. The second-order valence-electron chi connectivity index (χ2n) is 7.87. The van der Waals surface area contributed by atoms with Crippen molar-refractivity contribution in [3.63, 3.8) is 0 Å². The molecule has 0 bridgehead atoms. The highest BCUT2D eigenvalue weighted by atomic mass is 79.9. The Balaban J connectivity index is 0.00000228. The van der Waals surface area contributed by atoms with E-state index in [2.05, 4.69) is 12.1 Å². The Morgan fingerprint density at radius 3 is 2.39 bits per heavy atom. The fourth-order valence-electron chi connectivity index (χ4n) is 5.02. The largest absolute Gasteiger partial charge is 1.00 e. The number of para-hydroxylation sites is 2. The number of carbonyl (C=O) groups excluding carboxylic acids is 1. The first-order chi connectivity index (χ1) is 15.6. The van der Waals surface area contributed by atoms with E-state index in [0.717, 1.165) is 43.4 Å². The summed E-state index contributed by atoms with van der Waals surface area (Å²) in [6.45, 7) is 1.82. The summed E-state index contributed by atoms with van der Waals surface area (Å²) in [4.78, 5) is 25.1. The maximum atomic E-state index is 13.4. The van der Waals surface area contributed by atoms with Crippen molar-refractivity contribution in [1.82, 2.24) is 4.40 Å². The van der Waals surface area contributed by atoms with E-state index in [9.17, 15) is 14.7 Å². The molecule has 2 aromatic heterocycles. The van der Waals surface area contributed by atoms with Gasteiger partial charge in [0.05, 0.1) is 6.61 Å². The van der Waals surface area contributed by atoms with E-state index in [1.807, 2.05) is 59.0 Å². The second-order valence-corrected chi connectivity index (χ2v) is 7.87. The van der Waals surface area contributed by atoms with Crippen LogP contribution in [0.25, 0.3) is 49.0 Å². The van der Waals surface area contributed by atoms with Crippen molar-refractivity contribution in [2.45, 2.75) is 13.5 Å². The topological polar surface area (TPSA) is 71.9 Å². The minimum Gasteiger partial charge on any atom is -1.00 e. The number of esters is 1. The number of carboxylic acids is 1. The number of carboxylic acid groups (broad SMARTS) is 1. The number of halogens is 1. The number of hydrogen-bond acceptors (Lipinski definition) is 3. The zero-order valence-electron chi connectivity index (χ0n) is 17.7. The fraction of sp³-hybridized carbons (Fsp3) is 0.115. The molecule has 0 unspecified atom stereocenters. The van der Waals surface area contributed by atoms with Crippen LogP contribution in [0.3, 0.4) is 0 Å². The summed E-state index contributed by atoms with van der Waals surface area (Å²) in [6.07, 6.45) is 0. The molecule has 0 aliphatic rings. The van der Waals surface area contributed by atoms with E-state index in [1.54, 1.807) is 11.5 Å². The minimum absolute atomic E-state index is 0. The molecule has 7 heteroatoms. The van der Waals surface area contributed by atoms with Crippen molar-refractivity contribution in [3.8, 4) is 0 Å². The van der Waals surface area contributed by atoms with Gasteiger partial charge in [-0.1, -0.05) is 48.5 Å². The van der Waals surface area contributed by atoms with Crippen molar-refractivity contribution in [3.05, 3.63) is 72.4 Å². The van der Waals surface area contributed by atoms with Crippen LogP contribution in [0.15, 0.2) is 66.7 Å². The number of ether oxygens (including phenoxy) is 1. The number of hydrogen-bond donors (Lipinski definition) is 1. The summed E-state index contributed by atoms with van der Waals surface area (Å²) < 4.78 is 9.10. The molecule has 4 aromatic carbocycles. The smallest absolute Gasteiger partial charge is 0.379 e. The average Bonchev–Trinajstić information content (AvgIpc) is 3.28. The molecule has 1 N–H and O–H groups in total. The number of rotatable bonds is 4. The first-order valence-corrected chi connectivity index (χ1v) is 10.5. The average molecular weight is 503 g/mol. The second kappa shape index (κ2) is 7.71. The Hall–Kier alpha value is -3.71. The van der Waals surface area contributed by atoms with Crippen molar-refractivity contribution in [1.29, 1.82) is 0 Å². The van der Waals surface area contributed by atoms with Crippen LogP contribution in [0.1, 0.15) is 17.4 Å². The van der Waals surface area contributed by atoms with Gasteiger partial charge in [0, 0.05) is 16.8 Å². The van der Waals surface area contributed by atoms with Gasteiger partial charge in [0.15, 0.2) is 17.6 Å². The van der Waals surface area contributed by atoms with Gasteiger partial charge in [-0.3, -0.25) is 0 Å². The van der Waals surface area contributed by atoms with Gasteiger partial charge in [0.1, 0.15) is 0 Å². The zero-order valence-corrected chi connectivity index (χ0v) is 19.3. The SMILES string of the molecule is CCOC(=O)c1c2c(cc3n1c1ccccc1[n+]3CC(=O)O)c1cccc3cccc2c31.[Br-]. The standard InChI is InChI=1S/C26H18N2O4.BrH/c1-2-32-26(31)25-24-17-10-6-8-15-7-5-9-16(23(15)17)18(24)13-21-27(14-22(29)30)19-11-3-4-12-20(19)28(21)25;/h3-13H,2,14H2,1H3;1H. The Morgan fingerprint density at radius 2 is 1.67 bits per heavy atom. The molecule has 6 aromatic rings. The van der Waals surface area contributed by atoms with Gasteiger partial charge in [0.25, 0.3) is 5.65 Å². The molecule has 0 spiro atoms. The molecule has 0 saturated carbocycles. The Labute approximate surface area is 198 Å². The summed E-state index contributed by atoms with van der Waals surface area (Å²) in [5, 5.41) is 15.6. The molecule has 6 nitrogen and oxygen atoms in total. The predicted molar refractivity (Wildman–Crippen MR) is 122 cm³/mol. The number of nitrogens with zero attached hydrogens (tertiary/aromatic N) is 2. The molecular formula is C26H19BrN2O4. The summed E-state index contributed by atoms with van der Waals surface area (Å²) in [5.41, 5.74) is 2.57. The Kier molecular flexibility index (Phi) is 4.94. The first-order valence-electron chi connectivity index (χ1n) is 10.5. The van der Waals surface area contributed by atoms with Crippen LogP contribution in [-0.4, -0.2) is 28.1 Å². The number of imidazole rings is 1. The lowest BCUT2D eigenvalue weighted by molar-refractivity contribution is -0.634. The molecule has 0 aliphatic carbocycles. The maximum Gasteiger partial charge on any atom is 0.379 e. The van der Waals surface area contributed by atoms with Crippen LogP contribution in [0.2, 0.25) is 0 Å². The number of pyridine rings is 1. The van der Waals surface area contributed by atoms with Gasteiger partial charge < -0.3 is 26.8 Å². The van der Waals surface area contributed by atoms with E-state index >= 15 is 0 Å². The third-order valence-electron chi connectivity index (χ3n) is 6.15. The number of aliphatic carboxylic acids is 1. The van der Waals surface area contributed by atoms with Crippen LogP contribution in [-0.2, 0) is 16.1 Å². The zero-order chi connectivity index (χ0) is 22.0. The van der Waals surface area contributed by atoms with Crippen LogP contribution in [0.4, 0.5) is 0 Å². The third-order valence-corrected chi connectivity index (χ3v) is 6.15. The molecule has 0 atom stereocenters. The van der Waals surface area contributed by atoms with Crippen LogP contribution in [0.5, 0.6) is 0 Å². The Morgan fingerprint density at radius 1 is 0.939 bits per heavy atom. The van der Waals surface area contributed by atoms with Gasteiger partial charge in [-0.25, -0.2) is 14.2 Å². The summed E-state index contributed by atoms with van der Waals surface area (Å²) in [6, 6.07) is 21.7. The summed E-state index contributed by atoms with van der Waals surface area (Å²) >= 11 is 0. The maximum absolute atomic E-state index is 13.4. The van der Waals surface area contributed by atoms with Gasteiger partial charge in [-0.15, -0.1) is 0 Å². The quantitative estimate of drug-likeness (QED) is 0.293. The van der Waals surface area contributed by atoms with Crippen LogP contribution >= 0.6 is 0 Å². The van der Waals surface area contributed by atoms with Gasteiger partial charge in [-0.2, -0.15) is 4.40 Å². The van der Waals surface area contributed by atoms with Crippen molar-refractivity contribution in [2.24, 2.45) is 0 Å². The summed E-state index contributed by atoms with van der Waals surface area (Å²) in [7, 11) is 0. The number of fused-ring (bicyclic) bond motifs is 6. The molecule has 2 heterocycles. The molecule has 164 valence electrons. The third kappa shape index (κ3) is 2.89. The van der Waals surface area contributed by atoms with E-state index in [1.165, 1.54) is 0 Å². The van der Waals surface area contributed by atoms with Gasteiger partial charge in [0.2, 0.25) is 5.69 Å². The molecule has 0 fully saturated rings. The molecular weight excluding hydrogens is 484 g/mol. The predicted octanol–water partition coefficient (Wildman–Crippen LogP) is 1.54. The number of carbonyl (C=O) groups is 2.